The average molecular weight is 390 g/mol. The number of hydrogen-bond donors (Lipinski definition) is 1. The minimum Gasteiger partial charge on any atom is -0.343 e. The molecular weight excluding hydrogens is 364 g/mol. The number of rotatable bonds is 6. The first-order valence-electron chi connectivity index (χ1n) is 7.92. The van der Waals surface area contributed by atoms with Crippen LogP contribution in [0.15, 0.2) is 28.7 Å². The van der Waals surface area contributed by atoms with Crippen LogP contribution in [0, 0.1) is 5.92 Å². The quantitative estimate of drug-likeness (QED) is 0.805. The van der Waals surface area contributed by atoms with Gasteiger partial charge in [0.15, 0.2) is 0 Å². The van der Waals surface area contributed by atoms with Gasteiger partial charge in [0.2, 0.25) is 5.91 Å². The molecule has 0 aliphatic carbocycles. The molecule has 0 aromatic heterocycles. The highest BCUT2D eigenvalue weighted by molar-refractivity contribution is 9.10. The van der Waals surface area contributed by atoms with Crippen molar-refractivity contribution in [2.24, 2.45) is 5.92 Å². The fourth-order valence-electron chi connectivity index (χ4n) is 2.80. The Morgan fingerprint density at radius 1 is 1.27 bits per heavy atom. The number of nitrogens with one attached hydrogen (secondary N) is 1. The SMILES string of the molecule is CCNCC1CCN(C(=O)CCc2ccc(Br)cc2)CC1.Cl. The Labute approximate surface area is 148 Å². The second-order valence-electron chi connectivity index (χ2n) is 5.76. The van der Waals surface area contributed by atoms with Crippen molar-refractivity contribution in [2.45, 2.75) is 32.6 Å². The Morgan fingerprint density at radius 2 is 1.91 bits per heavy atom. The van der Waals surface area contributed by atoms with E-state index in [1.165, 1.54) is 5.56 Å². The molecule has 0 radical (unpaired) electrons. The number of amides is 1. The van der Waals surface area contributed by atoms with Crippen molar-refractivity contribution in [1.29, 1.82) is 0 Å². The number of aryl methyl sites for hydroxylation is 1. The van der Waals surface area contributed by atoms with Gasteiger partial charge in [0.05, 0.1) is 0 Å². The molecule has 124 valence electrons. The van der Waals surface area contributed by atoms with E-state index < -0.39 is 0 Å². The highest BCUT2D eigenvalue weighted by Gasteiger charge is 2.22. The number of benzene rings is 1. The van der Waals surface area contributed by atoms with Crippen molar-refractivity contribution in [2.75, 3.05) is 26.2 Å². The molecule has 2 rings (SSSR count). The van der Waals surface area contributed by atoms with Crippen LogP contribution in [0.4, 0.5) is 0 Å². The second-order valence-corrected chi connectivity index (χ2v) is 6.67. The first kappa shape index (κ1) is 19.5. The predicted molar refractivity (Wildman–Crippen MR) is 97.6 cm³/mol. The lowest BCUT2D eigenvalue weighted by Crippen LogP contribution is -2.40. The predicted octanol–water partition coefficient (Wildman–Crippen LogP) is 3.65. The summed E-state index contributed by atoms with van der Waals surface area (Å²) >= 11 is 3.43. The third kappa shape index (κ3) is 6.27. The molecule has 1 fully saturated rings. The number of piperidine rings is 1. The highest BCUT2D eigenvalue weighted by atomic mass is 79.9. The van der Waals surface area contributed by atoms with Crippen LogP contribution in [-0.2, 0) is 11.2 Å². The van der Waals surface area contributed by atoms with E-state index in [-0.39, 0.29) is 12.4 Å². The Balaban J connectivity index is 0.00000242. The van der Waals surface area contributed by atoms with E-state index in [4.69, 9.17) is 0 Å². The molecule has 0 unspecified atom stereocenters. The summed E-state index contributed by atoms with van der Waals surface area (Å²) in [5, 5.41) is 3.41. The lowest BCUT2D eigenvalue weighted by Gasteiger charge is -2.32. The number of carbonyl (C=O) groups is 1. The Hall–Kier alpha value is -0.580. The van der Waals surface area contributed by atoms with Crippen molar-refractivity contribution in [3.63, 3.8) is 0 Å². The van der Waals surface area contributed by atoms with E-state index >= 15 is 0 Å². The monoisotopic (exact) mass is 388 g/mol. The lowest BCUT2D eigenvalue weighted by molar-refractivity contribution is -0.132. The molecule has 1 aromatic carbocycles. The number of likely N-dealkylation sites (tertiary alicyclic amines) is 1. The summed E-state index contributed by atoms with van der Waals surface area (Å²) in [5.41, 5.74) is 1.23. The van der Waals surface area contributed by atoms with Gasteiger partial charge in [-0.2, -0.15) is 0 Å². The number of nitrogens with zero attached hydrogens (tertiary/aromatic N) is 1. The van der Waals surface area contributed by atoms with Gasteiger partial charge in [-0.05, 0) is 56.0 Å². The number of hydrogen-bond acceptors (Lipinski definition) is 2. The molecule has 0 spiro atoms. The second kappa shape index (κ2) is 10.2. The van der Waals surface area contributed by atoms with Gasteiger partial charge in [0.1, 0.15) is 0 Å². The third-order valence-corrected chi connectivity index (χ3v) is 4.72. The van der Waals surface area contributed by atoms with Crippen molar-refractivity contribution in [3.8, 4) is 0 Å². The van der Waals surface area contributed by atoms with Crippen LogP contribution < -0.4 is 5.32 Å². The van der Waals surface area contributed by atoms with Crippen LogP contribution >= 0.6 is 28.3 Å². The Morgan fingerprint density at radius 3 is 2.50 bits per heavy atom. The minimum atomic E-state index is 0. The summed E-state index contributed by atoms with van der Waals surface area (Å²) in [6.07, 6.45) is 3.73. The fourth-order valence-corrected chi connectivity index (χ4v) is 3.06. The van der Waals surface area contributed by atoms with Gasteiger partial charge in [0.25, 0.3) is 0 Å². The van der Waals surface area contributed by atoms with Gasteiger partial charge >= 0.3 is 0 Å². The molecule has 0 atom stereocenters. The molecule has 5 heteroatoms. The Kier molecular flexibility index (Phi) is 9.06. The molecule has 1 N–H and O–H groups in total. The fraction of sp³-hybridized carbons (Fsp3) is 0.588. The molecule has 1 amide bonds. The van der Waals surface area contributed by atoms with Crippen molar-refractivity contribution in [1.82, 2.24) is 10.2 Å². The van der Waals surface area contributed by atoms with Gasteiger partial charge in [-0.1, -0.05) is 35.0 Å². The first-order valence-corrected chi connectivity index (χ1v) is 8.71. The van der Waals surface area contributed by atoms with E-state index in [2.05, 4.69) is 40.3 Å². The average Bonchev–Trinajstić information content (AvgIpc) is 2.52. The summed E-state index contributed by atoms with van der Waals surface area (Å²) in [5.74, 6) is 1.04. The van der Waals surface area contributed by atoms with E-state index in [0.717, 1.165) is 55.8 Å². The molecule has 0 bridgehead atoms. The summed E-state index contributed by atoms with van der Waals surface area (Å²) in [6.45, 7) is 6.12. The van der Waals surface area contributed by atoms with Gasteiger partial charge in [-0.15, -0.1) is 12.4 Å². The zero-order chi connectivity index (χ0) is 15.1. The topological polar surface area (TPSA) is 32.3 Å². The van der Waals surface area contributed by atoms with Crippen LogP contribution in [0.2, 0.25) is 0 Å². The van der Waals surface area contributed by atoms with Crippen LogP contribution in [0.5, 0.6) is 0 Å². The summed E-state index contributed by atoms with van der Waals surface area (Å²) in [7, 11) is 0. The van der Waals surface area contributed by atoms with Crippen LogP contribution in [-0.4, -0.2) is 37.0 Å². The highest BCUT2D eigenvalue weighted by Crippen LogP contribution is 2.18. The molecule has 1 aliphatic heterocycles. The molecule has 1 aliphatic rings. The number of carbonyl (C=O) groups excluding carboxylic acids is 1. The molecule has 3 nitrogen and oxygen atoms in total. The van der Waals surface area contributed by atoms with Crippen LogP contribution in [0.3, 0.4) is 0 Å². The molecule has 1 aromatic rings. The molecule has 22 heavy (non-hydrogen) atoms. The largest absolute Gasteiger partial charge is 0.343 e. The van der Waals surface area contributed by atoms with E-state index in [0.29, 0.717) is 12.3 Å². The van der Waals surface area contributed by atoms with E-state index in [1.807, 2.05) is 17.0 Å². The minimum absolute atomic E-state index is 0. The van der Waals surface area contributed by atoms with Crippen molar-refractivity contribution in [3.05, 3.63) is 34.3 Å². The number of halogens is 2. The standard InChI is InChI=1S/C17H25BrN2O.ClH/c1-2-19-13-15-9-11-20(12-10-15)17(21)8-5-14-3-6-16(18)7-4-14;/h3-4,6-7,15,19H,2,5,8-13H2,1H3;1H. The third-order valence-electron chi connectivity index (χ3n) is 4.19. The molecule has 0 saturated carbocycles. The molecular formula is C17H26BrClN2O. The van der Waals surface area contributed by atoms with E-state index in [1.54, 1.807) is 0 Å². The van der Waals surface area contributed by atoms with Gasteiger partial charge < -0.3 is 10.2 Å². The van der Waals surface area contributed by atoms with Crippen molar-refractivity contribution >= 4 is 34.2 Å². The van der Waals surface area contributed by atoms with Crippen LogP contribution in [0.25, 0.3) is 0 Å². The normalized spacial score (nSPS) is 15.5. The van der Waals surface area contributed by atoms with Crippen LogP contribution in [0.1, 0.15) is 31.7 Å². The molecule has 1 saturated heterocycles. The summed E-state index contributed by atoms with van der Waals surface area (Å²) in [4.78, 5) is 14.3. The van der Waals surface area contributed by atoms with Gasteiger partial charge in [0, 0.05) is 24.0 Å². The Bertz CT molecular complexity index is 444. The molecule has 1 heterocycles. The van der Waals surface area contributed by atoms with Crippen molar-refractivity contribution < 1.29 is 4.79 Å². The first-order chi connectivity index (χ1) is 10.2. The maximum Gasteiger partial charge on any atom is 0.222 e. The van der Waals surface area contributed by atoms with Gasteiger partial charge in [-0.3, -0.25) is 4.79 Å². The zero-order valence-electron chi connectivity index (χ0n) is 13.2. The maximum atomic E-state index is 12.3. The summed E-state index contributed by atoms with van der Waals surface area (Å²) in [6, 6.07) is 8.23. The summed E-state index contributed by atoms with van der Waals surface area (Å²) < 4.78 is 1.08. The lowest BCUT2D eigenvalue weighted by atomic mass is 9.96. The zero-order valence-corrected chi connectivity index (χ0v) is 15.6. The smallest absolute Gasteiger partial charge is 0.222 e. The van der Waals surface area contributed by atoms with E-state index in [9.17, 15) is 4.79 Å². The van der Waals surface area contributed by atoms with Gasteiger partial charge in [-0.25, -0.2) is 0 Å². The maximum absolute atomic E-state index is 12.3.